The van der Waals surface area contributed by atoms with Gasteiger partial charge in [-0.25, -0.2) is 0 Å². The number of benzene rings is 2. The number of rotatable bonds is 6. The smallest absolute Gasteiger partial charge is 0.263 e. The maximum absolute atomic E-state index is 12.3. The second-order valence-corrected chi connectivity index (χ2v) is 7.28. The molecule has 0 amide bonds. The van der Waals surface area contributed by atoms with Crippen molar-refractivity contribution in [1.82, 2.24) is 0 Å². The largest absolute Gasteiger partial charge is 0.297 e. The zero-order chi connectivity index (χ0) is 17.9. The molecule has 2 aromatic rings. The molecule has 0 aliphatic carbocycles. The van der Waals surface area contributed by atoms with Gasteiger partial charge in [0.05, 0.1) is 15.9 Å². The molecule has 0 N–H and O–H groups in total. The Labute approximate surface area is 141 Å². The van der Waals surface area contributed by atoms with E-state index in [-0.39, 0.29) is 16.5 Å². The summed E-state index contributed by atoms with van der Waals surface area (Å²) in [4.78, 5) is 10.3. The Morgan fingerprint density at radius 3 is 2.04 bits per heavy atom. The van der Waals surface area contributed by atoms with E-state index in [4.69, 9.17) is 4.18 Å². The molecule has 0 aliphatic heterocycles. The van der Waals surface area contributed by atoms with E-state index in [1.807, 2.05) is 13.8 Å². The van der Waals surface area contributed by atoms with E-state index in [0.717, 1.165) is 11.1 Å². The molecule has 24 heavy (non-hydrogen) atoms. The Morgan fingerprint density at radius 2 is 1.54 bits per heavy atom. The number of hydrogen-bond donors (Lipinski definition) is 0. The summed E-state index contributed by atoms with van der Waals surface area (Å²) in [7, 11) is -3.86. The molecule has 0 bridgehead atoms. The van der Waals surface area contributed by atoms with E-state index in [9.17, 15) is 18.5 Å². The third kappa shape index (κ3) is 4.18. The summed E-state index contributed by atoms with van der Waals surface area (Å²) in [5.41, 5.74) is 1.72. The molecule has 6 nitrogen and oxygen atoms in total. The standard InChI is InChI=1S/C17H19NO5S/c1-12-4-10-17(11-5-12)24(21,22)23-14(3)13(2)15-6-8-16(9-7-15)18(19)20/h4-11,13-14H,1-3H3. The average molecular weight is 349 g/mol. The van der Waals surface area contributed by atoms with Crippen LogP contribution in [-0.2, 0) is 14.3 Å². The fourth-order valence-electron chi connectivity index (χ4n) is 2.21. The first kappa shape index (κ1) is 18.1. The molecular formula is C17H19NO5S. The fourth-order valence-corrected chi connectivity index (χ4v) is 3.36. The lowest BCUT2D eigenvalue weighted by atomic mass is 9.96. The molecular weight excluding hydrogens is 330 g/mol. The van der Waals surface area contributed by atoms with Crippen molar-refractivity contribution >= 4 is 15.8 Å². The highest BCUT2D eigenvalue weighted by atomic mass is 32.2. The van der Waals surface area contributed by atoms with Gasteiger partial charge in [-0.3, -0.25) is 14.3 Å². The molecule has 2 atom stereocenters. The Bertz CT molecular complexity index is 813. The monoisotopic (exact) mass is 349 g/mol. The zero-order valence-electron chi connectivity index (χ0n) is 13.7. The zero-order valence-corrected chi connectivity index (χ0v) is 14.5. The maximum atomic E-state index is 12.3. The van der Waals surface area contributed by atoms with Crippen molar-refractivity contribution in [3.8, 4) is 0 Å². The van der Waals surface area contributed by atoms with Crippen molar-refractivity contribution in [2.24, 2.45) is 0 Å². The number of aryl methyl sites for hydroxylation is 1. The number of non-ortho nitro benzene ring substituents is 1. The van der Waals surface area contributed by atoms with Gasteiger partial charge in [0.25, 0.3) is 15.8 Å². The highest BCUT2D eigenvalue weighted by molar-refractivity contribution is 7.86. The van der Waals surface area contributed by atoms with Gasteiger partial charge in [0.15, 0.2) is 0 Å². The minimum Gasteiger partial charge on any atom is -0.263 e. The van der Waals surface area contributed by atoms with Crippen molar-refractivity contribution in [3.05, 3.63) is 69.8 Å². The summed E-state index contributed by atoms with van der Waals surface area (Å²) in [6.45, 7) is 5.35. The molecule has 2 unspecified atom stereocenters. The predicted molar refractivity (Wildman–Crippen MR) is 90.4 cm³/mol. The fraction of sp³-hybridized carbons (Fsp3) is 0.294. The molecule has 128 valence electrons. The van der Waals surface area contributed by atoms with Crippen molar-refractivity contribution in [2.75, 3.05) is 0 Å². The summed E-state index contributed by atoms with van der Waals surface area (Å²) in [6.07, 6.45) is -0.613. The van der Waals surface area contributed by atoms with Crippen molar-refractivity contribution in [2.45, 2.75) is 37.7 Å². The van der Waals surface area contributed by atoms with Gasteiger partial charge in [0.2, 0.25) is 0 Å². The molecule has 0 aliphatic rings. The molecule has 0 aromatic heterocycles. The first-order valence-electron chi connectivity index (χ1n) is 7.45. The third-order valence-electron chi connectivity index (χ3n) is 3.92. The van der Waals surface area contributed by atoms with E-state index in [1.165, 1.54) is 24.3 Å². The second kappa shape index (κ2) is 7.11. The average Bonchev–Trinajstić information content (AvgIpc) is 2.54. The maximum Gasteiger partial charge on any atom is 0.297 e. The molecule has 0 fully saturated rings. The van der Waals surface area contributed by atoms with Crippen LogP contribution in [0.15, 0.2) is 53.4 Å². The number of hydrogen-bond acceptors (Lipinski definition) is 5. The van der Waals surface area contributed by atoms with Gasteiger partial charge >= 0.3 is 0 Å². The Morgan fingerprint density at radius 1 is 1.00 bits per heavy atom. The molecule has 2 aromatic carbocycles. The molecule has 0 heterocycles. The van der Waals surface area contributed by atoms with Crippen LogP contribution in [0.2, 0.25) is 0 Å². The van der Waals surface area contributed by atoms with Gasteiger partial charge in [-0.15, -0.1) is 0 Å². The highest BCUT2D eigenvalue weighted by Crippen LogP contribution is 2.26. The van der Waals surface area contributed by atoms with Crippen molar-refractivity contribution < 1.29 is 17.5 Å². The van der Waals surface area contributed by atoms with Gasteiger partial charge in [-0.1, -0.05) is 36.8 Å². The van der Waals surface area contributed by atoms with E-state index in [1.54, 1.807) is 31.2 Å². The van der Waals surface area contributed by atoms with Gasteiger partial charge in [0.1, 0.15) is 0 Å². The summed E-state index contributed by atoms with van der Waals surface area (Å²) in [5.74, 6) is -0.244. The summed E-state index contributed by atoms with van der Waals surface area (Å²) in [6, 6.07) is 12.4. The molecule has 2 rings (SSSR count). The minimum atomic E-state index is -3.86. The van der Waals surface area contributed by atoms with Gasteiger partial charge < -0.3 is 0 Å². The van der Waals surface area contributed by atoms with Crippen LogP contribution in [0, 0.1) is 17.0 Å². The lowest BCUT2D eigenvalue weighted by Gasteiger charge is -2.20. The van der Waals surface area contributed by atoms with Crippen molar-refractivity contribution in [1.29, 1.82) is 0 Å². The Kier molecular flexibility index (Phi) is 5.36. The first-order chi connectivity index (χ1) is 11.2. The highest BCUT2D eigenvalue weighted by Gasteiger charge is 2.24. The second-order valence-electron chi connectivity index (χ2n) is 5.71. The first-order valence-corrected chi connectivity index (χ1v) is 8.86. The normalized spacial score (nSPS) is 14.1. The number of nitro benzene ring substituents is 1. The SMILES string of the molecule is Cc1ccc(S(=O)(=O)OC(C)C(C)c2ccc([N+](=O)[O-])cc2)cc1. The molecule has 0 radical (unpaired) electrons. The summed E-state index contributed by atoms with van der Waals surface area (Å²) in [5, 5.41) is 10.7. The van der Waals surface area contributed by atoms with Crippen LogP contribution in [0.3, 0.4) is 0 Å². The lowest BCUT2D eigenvalue weighted by Crippen LogP contribution is -2.21. The van der Waals surface area contributed by atoms with E-state index < -0.39 is 21.1 Å². The van der Waals surface area contributed by atoms with Crippen LogP contribution < -0.4 is 0 Å². The van der Waals surface area contributed by atoms with Crippen LogP contribution in [0.5, 0.6) is 0 Å². The van der Waals surface area contributed by atoms with Gasteiger partial charge in [-0.05, 0) is 31.5 Å². The van der Waals surface area contributed by atoms with E-state index in [0.29, 0.717) is 0 Å². The molecule has 0 saturated heterocycles. The molecule has 7 heteroatoms. The lowest BCUT2D eigenvalue weighted by molar-refractivity contribution is -0.384. The van der Waals surface area contributed by atoms with Gasteiger partial charge in [-0.2, -0.15) is 8.42 Å². The molecule has 0 spiro atoms. The quantitative estimate of drug-likeness (QED) is 0.450. The van der Waals surface area contributed by atoms with Crippen LogP contribution in [0.25, 0.3) is 0 Å². The number of nitrogens with zero attached hydrogens (tertiary/aromatic N) is 1. The Balaban J connectivity index is 2.14. The summed E-state index contributed by atoms with van der Waals surface area (Å²) < 4.78 is 29.9. The van der Waals surface area contributed by atoms with E-state index in [2.05, 4.69) is 0 Å². The van der Waals surface area contributed by atoms with E-state index >= 15 is 0 Å². The van der Waals surface area contributed by atoms with Crippen LogP contribution in [0.4, 0.5) is 5.69 Å². The minimum absolute atomic E-state index is 0.00759. The van der Waals surface area contributed by atoms with Crippen LogP contribution >= 0.6 is 0 Å². The summed E-state index contributed by atoms with van der Waals surface area (Å²) >= 11 is 0. The van der Waals surface area contributed by atoms with Crippen LogP contribution in [-0.4, -0.2) is 19.4 Å². The third-order valence-corrected chi connectivity index (χ3v) is 5.33. The Hall–Kier alpha value is -2.25. The topological polar surface area (TPSA) is 86.5 Å². The van der Waals surface area contributed by atoms with Crippen LogP contribution in [0.1, 0.15) is 30.9 Å². The van der Waals surface area contributed by atoms with Gasteiger partial charge in [0, 0.05) is 18.1 Å². The predicted octanol–water partition coefficient (Wildman–Crippen LogP) is 3.80. The van der Waals surface area contributed by atoms with Crippen molar-refractivity contribution in [3.63, 3.8) is 0 Å². The number of nitro groups is 1. The molecule has 0 saturated carbocycles.